The van der Waals surface area contributed by atoms with Crippen molar-refractivity contribution in [2.24, 2.45) is 0 Å². The predicted octanol–water partition coefficient (Wildman–Crippen LogP) is 4.40. The molecule has 2 aliphatic heterocycles. The average molecular weight is 486 g/mol. The molecular weight excluding hydrogens is 462 g/mol. The number of thiophene rings is 2. The number of fused-ring (bicyclic) bond motifs is 1. The summed E-state index contributed by atoms with van der Waals surface area (Å²) in [7, 11) is 0. The first-order valence-corrected chi connectivity index (χ1v) is 12.9. The van der Waals surface area contributed by atoms with Gasteiger partial charge in [-0.25, -0.2) is 0 Å². The summed E-state index contributed by atoms with van der Waals surface area (Å²) >= 11 is 9.38. The molecule has 0 aliphatic carbocycles. The lowest BCUT2D eigenvalue weighted by Gasteiger charge is -2.39. The maximum Gasteiger partial charge on any atom is 0.264 e. The third kappa shape index (κ3) is 4.35. The summed E-state index contributed by atoms with van der Waals surface area (Å²) in [4.78, 5) is 34.0. The van der Waals surface area contributed by atoms with Crippen molar-refractivity contribution >= 4 is 46.1 Å². The van der Waals surface area contributed by atoms with E-state index < -0.39 is 0 Å². The Labute approximate surface area is 200 Å². The maximum absolute atomic E-state index is 13.2. The summed E-state index contributed by atoms with van der Waals surface area (Å²) in [5, 5.41) is 4.78. The van der Waals surface area contributed by atoms with Crippen LogP contribution in [-0.4, -0.2) is 65.8 Å². The van der Waals surface area contributed by atoms with E-state index in [-0.39, 0.29) is 17.9 Å². The van der Waals surface area contributed by atoms with Gasteiger partial charge >= 0.3 is 0 Å². The van der Waals surface area contributed by atoms with Gasteiger partial charge < -0.3 is 9.80 Å². The standard InChI is InChI=1S/C24H24ClN3O2S2/c25-18-5-3-17(4-6-18)23-19-8-15-32-20(19)7-9-28(23)16-22(29)26-10-12-27(13-11-26)24(30)21-2-1-14-31-21/h1-6,8,14-15,23H,7,9-13,16H2/t23-/m1/s1. The second-order valence-electron chi connectivity index (χ2n) is 8.12. The Morgan fingerprint density at radius 1 is 0.906 bits per heavy atom. The fourth-order valence-electron chi connectivity index (χ4n) is 4.56. The van der Waals surface area contributed by atoms with E-state index in [4.69, 9.17) is 11.6 Å². The Bertz CT molecular complexity index is 1090. The van der Waals surface area contributed by atoms with Crippen LogP contribution in [0.4, 0.5) is 0 Å². The van der Waals surface area contributed by atoms with Crippen molar-refractivity contribution in [2.45, 2.75) is 12.5 Å². The second kappa shape index (κ2) is 9.35. The Hall–Kier alpha value is -2.19. The number of carbonyl (C=O) groups is 2. The van der Waals surface area contributed by atoms with E-state index in [0.29, 0.717) is 37.7 Å². The topological polar surface area (TPSA) is 43.9 Å². The molecule has 0 spiro atoms. The van der Waals surface area contributed by atoms with Gasteiger partial charge in [0.25, 0.3) is 5.91 Å². The molecule has 2 aliphatic rings. The maximum atomic E-state index is 13.2. The van der Waals surface area contributed by atoms with E-state index in [9.17, 15) is 9.59 Å². The number of carbonyl (C=O) groups excluding carboxylic acids is 2. The lowest BCUT2D eigenvalue weighted by atomic mass is 9.93. The number of halogens is 1. The summed E-state index contributed by atoms with van der Waals surface area (Å²) in [6, 6.07) is 14.0. The molecule has 0 radical (unpaired) electrons. The first-order valence-electron chi connectivity index (χ1n) is 10.8. The van der Waals surface area contributed by atoms with Crippen molar-refractivity contribution in [1.29, 1.82) is 0 Å². The zero-order chi connectivity index (χ0) is 22.1. The predicted molar refractivity (Wildman–Crippen MR) is 130 cm³/mol. The summed E-state index contributed by atoms with van der Waals surface area (Å²) in [5.41, 5.74) is 2.45. The number of rotatable bonds is 4. The van der Waals surface area contributed by atoms with Crippen LogP contribution in [0.5, 0.6) is 0 Å². The third-order valence-corrected chi connectivity index (χ3v) is 8.35. The van der Waals surface area contributed by atoms with Gasteiger partial charge in [-0.3, -0.25) is 14.5 Å². The molecule has 8 heteroatoms. The monoisotopic (exact) mass is 485 g/mol. The Balaban J connectivity index is 1.26. The van der Waals surface area contributed by atoms with Gasteiger partial charge in [0.05, 0.1) is 17.5 Å². The van der Waals surface area contributed by atoms with Gasteiger partial charge in [0, 0.05) is 42.6 Å². The smallest absolute Gasteiger partial charge is 0.264 e. The van der Waals surface area contributed by atoms with Crippen molar-refractivity contribution in [3.05, 3.63) is 79.1 Å². The molecule has 0 unspecified atom stereocenters. The van der Waals surface area contributed by atoms with Crippen LogP contribution >= 0.6 is 34.3 Å². The number of nitrogens with zero attached hydrogens (tertiary/aromatic N) is 3. The highest BCUT2D eigenvalue weighted by atomic mass is 35.5. The zero-order valence-electron chi connectivity index (χ0n) is 17.6. The largest absolute Gasteiger partial charge is 0.338 e. The van der Waals surface area contributed by atoms with Crippen LogP contribution in [0, 0.1) is 0 Å². The van der Waals surface area contributed by atoms with Crippen molar-refractivity contribution in [2.75, 3.05) is 39.3 Å². The van der Waals surface area contributed by atoms with Gasteiger partial charge in [-0.2, -0.15) is 0 Å². The number of piperazine rings is 1. The molecule has 4 heterocycles. The lowest BCUT2D eigenvalue weighted by Crippen LogP contribution is -2.53. The van der Waals surface area contributed by atoms with Crippen LogP contribution < -0.4 is 0 Å². The second-order valence-corrected chi connectivity index (χ2v) is 10.5. The highest BCUT2D eigenvalue weighted by molar-refractivity contribution is 7.12. The van der Waals surface area contributed by atoms with Crippen molar-refractivity contribution in [3.63, 3.8) is 0 Å². The Morgan fingerprint density at radius 2 is 1.66 bits per heavy atom. The highest BCUT2D eigenvalue weighted by Crippen LogP contribution is 2.38. The molecule has 5 nitrogen and oxygen atoms in total. The van der Waals surface area contributed by atoms with Crippen LogP contribution in [0.3, 0.4) is 0 Å². The molecular formula is C24H24ClN3O2S2. The van der Waals surface area contributed by atoms with E-state index >= 15 is 0 Å². The number of hydrogen-bond acceptors (Lipinski definition) is 5. The first-order chi connectivity index (χ1) is 15.6. The molecule has 5 rings (SSSR count). The molecule has 32 heavy (non-hydrogen) atoms. The average Bonchev–Trinajstić information content (AvgIpc) is 3.52. The minimum atomic E-state index is 0.0629. The van der Waals surface area contributed by atoms with Crippen LogP contribution in [0.25, 0.3) is 0 Å². The Kier molecular flexibility index (Phi) is 6.33. The van der Waals surface area contributed by atoms with E-state index in [2.05, 4.69) is 28.5 Å². The fourth-order valence-corrected chi connectivity index (χ4v) is 6.28. The van der Waals surface area contributed by atoms with E-state index in [1.807, 2.05) is 39.4 Å². The van der Waals surface area contributed by atoms with Crippen molar-refractivity contribution in [3.8, 4) is 0 Å². The molecule has 1 atom stereocenters. The molecule has 1 saturated heterocycles. The molecule has 0 N–H and O–H groups in total. The van der Waals surface area contributed by atoms with Gasteiger partial charge in [-0.15, -0.1) is 22.7 Å². The van der Waals surface area contributed by atoms with Crippen LogP contribution in [-0.2, 0) is 11.2 Å². The van der Waals surface area contributed by atoms with Gasteiger partial charge in [-0.05, 0) is 52.6 Å². The fraction of sp³-hybridized carbons (Fsp3) is 0.333. The Morgan fingerprint density at radius 3 is 2.38 bits per heavy atom. The van der Waals surface area contributed by atoms with E-state index in [0.717, 1.165) is 23.4 Å². The number of benzene rings is 1. The minimum absolute atomic E-state index is 0.0629. The van der Waals surface area contributed by atoms with Gasteiger partial charge in [0.1, 0.15) is 0 Å². The molecule has 0 bridgehead atoms. The molecule has 0 saturated carbocycles. The quantitative estimate of drug-likeness (QED) is 0.550. The molecule has 3 aromatic rings. The van der Waals surface area contributed by atoms with Crippen LogP contribution in [0.15, 0.2) is 53.2 Å². The highest BCUT2D eigenvalue weighted by Gasteiger charge is 2.33. The zero-order valence-corrected chi connectivity index (χ0v) is 20.0. The van der Waals surface area contributed by atoms with Crippen molar-refractivity contribution < 1.29 is 9.59 Å². The molecule has 1 aromatic carbocycles. The van der Waals surface area contributed by atoms with Crippen LogP contribution in [0.2, 0.25) is 5.02 Å². The summed E-state index contributed by atoms with van der Waals surface area (Å²) in [6.45, 7) is 3.55. The minimum Gasteiger partial charge on any atom is -0.338 e. The van der Waals surface area contributed by atoms with E-state index in [1.54, 1.807) is 11.3 Å². The number of amides is 2. The lowest BCUT2D eigenvalue weighted by molar-refractivity contribution is -0.134. The third-order valence-electron chi connectivity index (χ3n) is 6.24. The first kappa shape index (κ1) is 21.6. The summed E-state index contributed by atoms with van der Waals surface area (Å²) < 4.78 is 0. The molecule has 1 fully saturated rings. The van der Waals surface area contributed by atoms with E-state index in [1.165, 1.54) is 21.8 Å². The van der Waals surface area contributed by atoms with Gasteiger partial charge in [0.2, 0.25) is 5.91 Å². The van der Waals surface area contributed by atoms with Gasteiger partial charge in [0.15, 0.2) is 0 Å². The summed E-state index contributed by atoms with van der Waals surface area (Å²) in [6.07, 6.45) is 0.966. The molecule has 166 valence electrons. The van der Waals surface area contributed by atoms with Crippen molar-refractivity contribution in [1.82, 2.24) is 14.7 Å². The summed E-state index contributed by atoms with van der Waals surface area (Å²) in [5.74, 6) is 0.196. The number of hydrogen-bond donors (Lipinski definition) is 0. The normalized spacial score (nSPS) is 19.1. The SMILES string of the molecule is O=C(CN1CCc2sccc2[C@H]1c1ccc(Cl)cc1)N1CCN(C(=O)c2cccs2)CC1. The van der Waals surface area contributed by atoms with Gasteiger partial charge in [-0.1, -0.05) is 29.8 Å². The van der Waals surface area contributed by atoms with Crippen LogP contribution in [0.1, 0.15) is 31.7 Å². The molecule has 2 aromatic heterocycles. The molecule has 2 amide bonds.